The second-order valence-corrected chi connectivity index (χ2v) is 6.03. The molecule has 0 aromatic heterocycles. The fourth-order valence-corrected chi connectivity index (χ4v) is 2.61. The van der Waals surface area contributed by atoms with Crippen molar-refractivity contribution in [2.75, 3.05) is 5.32 Å². The van der Waals surface area contributed by atoms with Crippen LogP contribution in [-0.2, 0) is 9.59 Å². The van der Waals surface area contributed by atoms with Crippen LogP contribution in [0.3, 0.4) is 0 Å². The van der Waals surface area contributed by atoms with E-state index in [0.29, 0.717) is 5.69 Å². The Morgan fingerprint density at radius 3 is 2.22 bits per heavy atom. The van der Waals surface area contributed by atoms with Gasteiger partial charge in [-0.05, 0) is 29.7 Å². The molecular weight excluding hydrogens is 298 g/mol. The lowest BCUT2D eigenvalue weighted by Crippen LogP contribution is -2.17. The van der Waals surface area contributed by atoms with Crippen LogP contribution in [-0.4, -0.2) is 17.0 Å². The lowest BCUT2D eigenvalue weighted by atomic mass is 10.1. The predicted octanol–water partition coefficient (Wildman–Crippen LogP) is 2.74. The van der Waals surface area contributed by atoms with Crippen LogP contribution in [0.2, 0.25) is 0 Å². The number of anilines is 1. The van der Waals surface area contributed by atoms with Gasteiger partial charge in [0.15, 0.2) is 0 Å². The van der Waals surface area contributed by atoms with Gasteiger partial charge in [0.05, 0.1) is 11.8 Å². The quantitative estimate of drug-likeness (QED) is 0.902. The molecule has 1 fully saturated rings. The molecule has 2 N–H and O–H groups in total. The van der Waals surface area contributed by atoms with E-state index in [1.54, 1.807) is 26.0 Å². The van der Waals surface area contributed by atoms with Crippen LogP contribution in [0.1, 0.15) is 13.8 Å². The molecule has 2 rings (SSSR count). The number of carboxylic acids is 1. The molecule has 1 aromatic carbocycles. The van der Waals surface area contributed by atoms with Crippen molar-refractivity contribution in [3.8, 4) is 0 Å². The Morgan fingerprint density at radius 1 is 1.22 bits per heavy atom. The van der Waals surface area contributed by atoms with Crippen molar-refractivity contribution < 1.29 is 14.7 Å². The Hall–Kier alpha value is -1.36. The van der Waals surface area contributed by atoms with Crippen molar-refractivity contribution >= 4 is 33.5 Å². The largest absolute Gasteiger partial charge is 0.481 e. The van der Waals surface area contributed by atoms with Crippen LogP contribution in [0.25, 0.3) is 0 Å². The molecule has 96 valence electrons. The summed E-state index contributed by atoms with van der Waals surface area (Å²) in [6, 6.07) is 7.19. The number of nitrogens with one attached hydrogen (secondary N) is 1. The van der Waals surface area contributed by atoms with Gasteiger partial charge in [-0.3, -0.25) is 9.59 Å². The number of amides is 1. The minimum Gasteiger partial charge on any atom is -0.481 e. The van der Waals surface area contributed by atoms with Gasteiger partial charge in [0.1, 0.15) is 0 Å². The van der Waals surface area contributed by atoms with Crippen LogP contribution >= 0.6 is 15.9 Å². The van der Waals surface area contributed by atoms with Gasteiger partial charge in [-0.1, -0.05) is 29.8 Å². The van der Waals surface area contributed by atoms with E-state index in [9.17, 15) is 9.59 Å². The Bertz CT molecular complexity index is 495. The molecule has 0 aliphatic heterocycles. The van der Waals surface area contributed by atoms with E-state index in [-0.39, 0.29) is 5.91 Å². The highest BCUT2D eigenvalue weighted by atomic mass is 79.9. The van der Waals surface area contributed by atoms with E-state index >= 15 is 0 Å². The monoisotopic (exact) mass is 311 g/mol. The standard InChI is InChI=1S/C13H14BrNO3/c1-13(2)9(10(13)12(17)18)11(16)15-8-5-3-7(14)4-6-8/h3-6,9-10H,1-2H3,(H,15,16)(H,17,18). The third kappa shape index (κ3) is 2.27. The molecular formula is C13H14BrNO3. The number of carbonyl (C=O) groups excluding carboxylic acids is 1. The molecule has 18 heavy (non-hydrogen) atoms. The first-order valence-corrected chi connectivity index (χ1v) is 6.42. The molecule has 0 radical (unpaired) electrons. The van der Waals surface area contributed by atoms with E-state index in [2.05, 4.69) is 21.2 Å². The number of halogens is 1. The lowest BCUT2D eigenvalue weighted by Gasteiger charge is -2.05. The molecule has 1 saturated carbocycles. The molecule has 1 amide bonds. The molecule has 0 spiro atoms. The minimum atomic E-state index is -0.907. The summed E-state index contributed by atoms with van der Waals surface area (Å²) in [4.78, 5) is 23.0. The van der Waals surface area contributed by atoms with Gasteiger partial charge in [0, 0.05) is 10.2 Å². The van der Waals surface area contributed by atoms with Gasteiger partial charge >= 0.3 is 5.97 Å². The average molecular weight is 312 g/mol. The van der Waals surface area contributed by atoms with E-state index in [4.69, 9.17) is 5.11 Å². The fourth-order valence-electron chi connectivity index (χ4n) is 2.34. The summed E-state index contributed by atoms with van der Waals surface area (Å²) in [6.45, 7) is 3.61. The van der Waals surface area contributed by atoms with Crippen LogP contribution in [0.4, 0.5) is 5.69 Å². The first-order chi connectivity index (χ1) is 8.34. The van der Waals surface area contributed by atoms with Crippen LogP contribution in [0, 0.1) is 17.3 Å². The highest BCUT2D eigenvalue weighted by Gasteiger charge is 2.65. The van der Waals surface area contributed by atoms with E-state index in [1.165, 1.54) is 0 Å². The Labute approximate surface area is 114 Å². The molecule has 0 bridgehead atoms. The van der Waals surface area contributed by atoms with Crippen molar-refractivity contribution in [2.24, 2.45) is 17.3 Å². The smallest absolute Gasteiger partial charge is 0.307 e. The molecule has 0 saturated heterocycles. The third-order valence-electron chi connectivity index (χ3n) is 3.49. The fraction of sp³-hybridized carbons (Fsp3) is 0.385. The molecule has 1 aliphatic rings. The third-order valence-corrected chi connectivity index (χ3v) is 4.02. The van der Waals surface area contributed by atoms with Crippen molar-refractivity contribution in [3.63, 3.8) is 0 Å². The number of benzene rings is 1. The molecule has 4 nitrogen and oxygen atoms in total. The highest BCUT2D eigenvalue weighted by Crippen LogP contribution is 2.58. The zero-order valence-corrected chi connectivity index (χ0v) is 11.7. The van der Waals surface area contributed by atoms with E-state index in [0.717, 1.165) is 4.47 Å². The predicted molar refractivity (Wildman–Crippen MR) is 71.2 cm³/mol. The number of hydrogen-bond donors (Lipinski definition) is 2. The normalized spacial score (nSPS) is 24.4. The molecule has 5 heteroatoms. The maximum atomic E-state index is 12.0. The number of carboxylic acid groups (broad SMARTS) is 1. The average Bonchev–Trinajstić information content (AvgIpc) is 2.85. The Kier molecular flexibility index (Phi) is 3.19. The number of hydrogen-bond acceptors (Lipinski definition) is 2. The topological polar surface area (TPSA) is 66.4 Å². The van der Waals surface area contributed by atoms with Gasteiger partial charge in [0.2, 0.25) is 5.91 Å². The zero-order chi connectivity index (χ0) is 13.5. The second kappa shape index (κ2) is 4.39. The van der Waals surface area contributed by atoms with Crippen molar-refractivity contribution in [1.82, 2.24) is 0 Å². The maximum Gasteiger partial charge on any atom is 0.307 e. The molecule has 2 atom stereocenters. The maximum absolute atomic E-state index is 12.0. The lowest BCUT2D eigenvalue weighted by molar-refractivity contribution is -0.140. The summed E-state index contributed by atoms with van der Waals surface area (Å²) in [6.07, 6.45) is 0. The van der Waals surface area contributed by atoms with Crippen molar-refractivity contribution in [3.05, 3.63) is 28.7 Å². The summed E-state index contributed by atoms with van der Waals surface area (Å²) < 4.78 is 0.927. The van der Waals surface area contributed by atoms with Crippen LogP contribution in [0.5, 0.6) is 0 Å². The van der Waals surface area contributed by atoms with Crippen LogP contribution < -0.4 is 5.32 Å². The molecule has 2 unspecified atom stereocenters. The summed E-state index contributed by atoms with van der Waals surface area (Å²) in [5.74, 6) is -2.18. The first-order valence-electron chi connectivity index (χ1n) is 5.63. The van der Waals surface area contributed by atoms with Crippen LogP contribution in [0.15, 0.2) is 28.7 Å². The molecule has 1 aromatic rings. The molecule has 1 aliphatic carbocycles. The number of rotatable bonds is 3. The number of carbonyl (C=O) groups is 2. The van der Waals surface area contributed by atoms with Crippen molar-refractivity contribution in [1.29, 1.82) is 0 Å². The van der Waals surface area contributed by atoms with Gasteiger partial charge in [-0.2, -0.15) is 0 Å². The molecule has 0 heterocycles. The van der Waals surface area contributed by atoms with Gasteiger partial charge in [0.25, 0.3) is 0 Å². The summed E-state index contributed by atoms with van der Waals surface area (Å²) in [7, 11) is 0. The van der Waals surface area contributed by atoms with E-state index in [1.807, 2.05) is 12.1 Å². The Morgan fingerprint density at radius 2 is 1.78 bits per heavy atom. The minimum absolute atomic E-state index is 0.227. The second-order valence-electron chi connectivity index (χ2n) is 5.11. The van der Waals surface area contributed by atoms with E-state index < -0.39 is 23.2 Å². The first kappa shape index (κ1) is 13.1. The van der Waals surface area contributed by atoms with Gasteiger partial charge in [-0.15, -0.1) is 0 Å². The van der Waals surface area contributed by atoms with Gasteiger partial charge < -0.3 is 10.4 Å². The zero-order valence-electron chi connectivity index (χ0n) is 10.1. The highest BCUT2D eigenvalue weighted by molar-refractivity contribution is 9.10. The Balaban J connectivity index is 2.06. The summed E-state index contributed by atoms with van der Waals surface area (Å²) in [5.41, 5.74) is 0.209. The van der Waals surface area contributed by atoms with Crippen molar-refractivity contribution in [2.45, 2.75) is 13.8 Å². The van der Waals surface area contributed by atoms with Gasteiger partial charge in [-0.25, -0.2) is 0 Å². The SMILES string of the molecule is CC1(C)C(C(=O)O)C1C(=O)Nc1ccc(Br)cc1. The summed E-state index contributed by atoms with van der Waals surface area (Å²) >= 11 is 3.31. The summed E-state index contributed by atoms with van der Waals surface area (Å²) in [5, 5.41) is 11.8. The number of aliphatic carboxylic acids is 1.